The van der Waals surface area contributed by atoms with Crippen molar-refractivity contribution in [1.29, 1.82) is 0 Å². The minimum Gasteiger partial charge on any atom is -0.491 e. The van der Waals surface area contributed by atoms with Crippen LogP contribution in [-0.2, 0) is 35.1 Å². The first-order valence-corrected chi connectivity index (χ1v) is 17.3. The SMILES string of the molecule is COC(=O)c1cccc(OCCOCCOCC(=O)N[C@H](C(=O)N2C[C@H](O)C[C@H]2C(=O)NCc2ccc(-c3scnc3C)cc2)C(C)(C)C)c1. The van der Waals surface area contributed by atoms with Crippen LogP contribution in [0.4, 0.5) is 0 Å². The van der Waals surface area contributed by atoms with E-state index in [2.05, 4.69) is 15.6 Å². The van der Waals surface area contributed by atoms with Gasteiger partial charge in [0.15, 0.2) is 0 Å². The van der Waals surface area contributed by atoms with Crippen LogP contribution < -0.4 is 15.4 Å². The van der Waals surface area contributed by atoms with E-state index in [1.54, 1.807) is 41.1 Å². The molecule has 0 bridgehead atoms. The van der Waals surface area contributed by atoms with E-state index >= 15 is 0 Å². The normalized spacial score (nSPS) is 16.5. The average molecular weight is 711 g/mol. The number of esters is 1. The molecule has 4 rings (SSSR count). The summed E-state index contributed by atoms with van der Waals surface area (Å²) in [4.78, 5) is 58.3. The Balaban J connectivity index is 1.21. The van der Waals surface area contributed by atoms with E-state index in [0.29, 0.717) is 11.3 Å². The number of amides is 3. The van der Waals surface area contributed by atoms with Crippen LogP contribution in [0.15, 0.2) is 54.0 Å². The fourth-order valence-corrected chi connectivity index (χ4v) is 6.23. The molecule has 13 nitrogen and oxygen atoms in total. The fraction of sp³-hybridized carbons (Fsp3) is 0.472. The lowest BCUT2D eigenvalue weighted by atomic mass is 9.85. The number of methoxy groups -OCH3 is 1. The van der Waals surface area contributed by atoms with Gasteiger partial charge in [-0.3, -0.25) is 14.4 Å². The summed E-state index contributed by atoms with van der Waals surface area (Å²) in [5.74, 6) is -1.27. The van der Waals surface area contributed by atoms with E-state index in [1.165, 1.54) is 12.0 Å². The third-order valence-electron chi connectivity index (χ3n) is 8.07. The third-order valence-corrected chi connectivity index (χ3v) is 9.05. The number of aryl methyl sites for hydroxylation is 1. The van der Waals surface area contributed by atoms with E-state index in [1.807, 2.05) is 52.0 Å². The number of hydrogen-bond acceptors (Lipinski definition) is 11. The first-order chi connectivity index (χ1) is 23.9. The smallest absolute Gasteiger partial charge is 0.337 e. The molecule has 50 heavy (non-hydrogen) atoms. The van der Waals surface area contributed by atoms with Crippen molar-refractivity contribution in [1.82, 2.24) is 20.5 Å². The zero-order valence-electron chi connectivity index (χ0n) is 29.1. The summed E-state index contributed by atoms with van der Waals surface area (Å²) in [6, 6.07) is 12.6. The molecule has 0 unspecified atom stereocenters. The quantitative estimate of drug-likeness (QED) is 0.149. The van der Waals surface area contributed by atoms with Crippen LogP contribution in [0.1, 0.15) is 48.8 Å². The van der Waals surface area contributed by atoms with Gasteiger partial charge in [-0.25, -0.2) is 9.78 Å². The Bertz CT molecular complexity index is 1610. The minimum absolute atomic E-state index is 0.0173. The molecule has 0 radical (unpaired) electrons. The first kappa shape index (κ1) is 38.4. The van der Waals surface area contributed by atoms with Gasteiger partial charge in [0.1, 0.15) is 31.0 Å². The van der Waals surface area contributed by atoms with Crippen molar-refractivity contribution in [2.24, 2.45) is 5.41 Å². The number of aliphatic hydroxyl groups excluding tert-OH is 1. The molecule has 3 aromatic rings. The lowest BCUT2D eigenvalue weighted by molar-refractivity contribution is -0.144. The zero-order valence-corrected chi connectivity index (χ0v) is 29.9. The van der Waals surface area contributed by atoms with Crippen LogP contribution in [0.3, 0.4) is 0 Å². The predicted octanol–water partition coefficient (Wildman–Crippen LogP) is 3.13. The number of benzene rings is 2. The van der Waals surface area contributed by atoms with Crippen molar-refractivity contribution in [3.8, 4) is 16.2 Å². The highest BCUT2D eigenvalue weighted by Crippen LogP contribution is 2.28. The van der Waals surface area contributed by atoms with Crippen molar-refractivity contribution in [2.75, 3.05) is 46.7 Å². The van der Waals surface area contributed by atoms with E-state index in [9.17, 15) is 24.3 Å². The molecule has 0 spiro atoms. The highest BCUT2D eigenvalue weighted by atomic mass is 32.1. The number of ether oxygens (including phenoxy) is 4. The number of carbonyl (C=O) groups is 4. The molecular formula is C36H46N4O9S. The fourth-order valence-electron chi connectivity index (χ4n) is 5.42. The lowest BCUT2D eigenvalue weighted by Gasteiger charge is -2.35. The number of rotatable bonds is 16. The first-order valence-electron chi connectivity index (χ1n) is 16.4. The zero-order chi connectivity index (χ0) is 36.3. The number of hydrogen-bond donors (Lipinski definition) is 3. The lowest BCUT2D eigenvalue weighted by Crippen LogP contribution is -2.58. The number of aliphatic hydroxyl groups is 1. The summed E-state index contributed by atoms with van der Waals surface area (Å²) in [6.45, 7) is 8.19. The van der Waals surface area contributed by atoms with Gasteiger partial charge in [0.2, 0.25) is 17.7 Å². The second-order valence-electron chi connectivity index (χ2n) is 13.0. The predicted molar refractivity (Wildman–Crippen MR) is 187 cm³/mol. The largest absolute Gasteiger partial charge is 0.491 e. The maximum atomic E-state index is 13.8. The average Bonchev–Trinajstić information content (AvgIpc) is 3.71. The highest BCUT2D eigenvalue weighted by Gasteiger charge is 2.44. The summed E-state index contributed by atoms with van der Waals surface area (Å²) in [5.41, 5.74) is 4.40. The van der Waals surface area contributed by atoms with E-state index in [4.69, 9.17) is 18.9 Å². The van der Waals surface area contributed by atoms with E-state index in [-0.39, 0.29) is 58.5 Å². The summed E-state index contributed by atoms with van der Waals surface area (Å²) < 4.78 is 21.3. The Hall–Kier alpha value is -4.37. The molecule has 1 fully saturated rings. The summed E-state index contributed by atoms with van der Waals surface area (Å²) in [6.07, 6.45) is -0.772. The third kappa shape index (κ3) is 10.8. The molecule has 1 aromatic heterocycles. The van der Waals surface area contributed by atoms with Crippen molar-refractivity contribution in [2.45, 2.75) is 58.8 Å². The van der Waals surface area contributed by atoms with E-state index in [0.717, 1.165) is 21.7 Å². The maximum absolute atomic E-state index is 13.8. The maximum Gasteiger partial charge on any atom is 0.337 e. The monoisotopic (exact) mass is 710 g/mol. The molecule has 2 aromatic carbocycles. The van der Waals surface area contributed by atoms with Gasteiger partial charge in [-0.1, -0.05) is 51.1 Å². The van der Waals surface area contributed by atoms with Gasteiger partial charge in [-0.05, 0) is 41.7 Å². The molecule has 1 aliphatic rings. The van der Waals surface area contributed by atoms with Crippen LogP contribution in [0.25, 0.3) is 10.4 Å². The Morgan fingerprint density at radius 1 is 1.04 bits per heavy atom. The van der Waals surface area contributed by atoms with Gasteiger partial charge < -0.3 is 39.6 Å². The minimum atomic E-state index is -0.965. The van der Waals surface area contributed by atoms with Crippen molar-refractivity contribution >= 4 is 35.0 Å². The Morgan fingerprint density at radius 2 is 1.76 bits per heavy atom. The van der Waals surface area contributed by atoms with Gasteiger partial charge >= 0.3 is 5.97 Å². The molecule has 0 aliphatic carbocycles. The number of aromatic nitrogens is 1. The van der Waals surface area contributed by atoms with Gasteiger partial charge in [0, 0.05) is 19.5 Å². The topological polar surface area (TPSA) is 166 Å². The van der Waals surface area contributed by atoms with Gasteiger partial charge in [-0.2, -0.15) is 0 Å². The van der Waals surface area contributed by atoms with Crippen molar-refractivity contribution in [3.05, 3.63) is 70.9 Å². The van der Waals surface area contributed by atoms with Crippen LogP contribution >= 0.6 is 11.3 Å². The molecule has 3 N–H and O–H groups in total. The molecule has 14 heteroatoms. The van der Waals surface area contributed by atoms with E-state index < -0.39 is 41.4 Å². The highest BCUT2D eigenvalue weighted by molar-refractivity contribution is 7.13. The summed E-state index contributed by atoms with van der Waals surface area (Å²) in [5, 5.41) is 16.1. The Kier molecular flexibility index (Phi) is 13.9. The van der Waals surface area contributed by atoms with Crippen LogP contribution in [0, 0.1) is 12.3 Å². The number of nitrogens with one attached hydrogen (secondary N) is 2. The standard InChI is InChI=1S/C36H46N4O9S/c1-23-31(50-22-38-23)25-11-9-24(10-12-25)19-37-33(43)29-18-27(41)20-40(29)34(44)32(36(2,3)4)39-30(42)21-48-14-13-47-15-16-49-28-8-6-7-26(17-28)35(45)46-5/h6-12,17,22,27,29,32,41H,13-16,18-21H2,1-5H3,(H,37,43)(H,39,42)/t27-,29+,32-/m1/s1. The second kappa shape index (κ2) is 18.0. The van der Waals surface area contributed by atoms with Crippen LogP contribution in [-0.4, -0.2) is 104 Å². The molecule has 1 saturated heterocycles. The molecule has 3 atom stereocenters. The number of nitrogens with zero attached hydrogens (tertiary/aromatic N) is 2. The summed E-state index contributed by atoms with van der Waals surface area (Å²) >= 11 is 1.57. The van der Waals surface area contributed by atoms with Gasteiger partial charge in [-0.15, -0.1) is 11.3 Å². The van der Waals surface area contributed by atoms with Gasteiger partial charge in [0.05, 0.1) is 54.7 Å². The van der Waals surface area contributed by atoms with Crippen molar-refractivity contribution < 1.29 is 43.2 Å². The Labute approximate surface area is 296 Å². The van der Waals surface area contributed by atoms with Crippen molar-refractivity contribution in [3.63, 3.8) is 0 Å². The molecule has 2 heterocycles. The van der Waals surface area contributed by atoms with Gasteiger partial charge in [0.25, 0.3) is 0 Å². The second-order valence-corrected chi connectivity index (χ2v) is 13.8. The van der Waals surface area contributed by atoms with Crippen LogP contribution in [0.2, 0.25) is 0 Å². The van der Waals surface area contributed by atoms with Crippen LogP contribution in [0.5, 0.6) is 5.75 Å². The number of likely N-dealkylation sites (tertiary alicyclic amines) is 1. The molecule has 1 aliphatic heterocycles. The molecule has 270 valence electrons. The number of β-amino-alcohol motifs (C(OH)–C–C–N with tert-alkyl or cyclic N) is 1. The molecule has 3 amide bonds. The summed E-state index contributed by atoms with van der Waals surface area (Å²) in [7, 11) is 1.31. The molecule has 0 saturated carbocycles. The molecular weight excluding hydrogens is 664 g/mol. The number of carbonyl (C=O) groups excluding carboxylic acids is 4. The number of thiazole rings is 1. The Morgan fingerprint density at radius 3 is 2.44 bits per heavy atom.